The molecule has 1 atom stereocenters. The highest BCUT2D eigenvalue weighted by Crippen LogP contribution is 2.28. The molecule has 0 bridgehead atoms. The Labute approximate surface area is 61.2 Å². The van der Waals surface area contributed by atoms with Crippen LogP contribution in [0.15, 0.2) is 0 Å². The van der Waals surface area contributed by atoms with Gasteiger partial charge in [-0.2, -0.15) is 0 Å². The van der Waals surface area contributed by atoms with Crippen molar-refractivity contribution in [2.45, 2.75) is 38.2 Å². The van der Waals surface area contributed by atoms with Crippen molar-refractivity contribution in [1.82, 2.24) is 0 Å². The number of hydrogen-bond donors (Lipinski definition) is 1. The smallest absolute Gasteiger partial charge is 0.122 e. The van der Waals surface area contributed by atoms with Gasteiger partial charge in [0.25, 0.3) is 0 Å². The number of rotatable bonds is 3. The Kier molecular flexibility index (Phi) is 2.87. The van der Waals surface area contributed by atoms with Crippen LogP contribution in [0.3, 0.4) is 0 Å². The van der Waals surface area contributed by atoms with Gasteiger partial charge in [0, 0.05) is 6.42 Å². The van der Waals surface area contributed by atoms with E-state index < -0.39 is 0 Å². The van der Waals surface area contributed by atoms with Crippen LogP contribution in [0.5, 0.6) is 0 Å². The number of carbonyl (C=O) groups excluding carboxylic acids is 1. The van der Waals surface area contributed by atoms with Crippen molar-refractivity contribution in [3.63, 3.8) is 0 Å². The Bertz CT molecular complexity index is 106. The summed E-state index contributed by atoms with van der Waals surface area (Å²) in [4.78, 5) is 10.0. The molecule has 0 aromatic rings. The number of aldehydes is 1. The standard InChI is InChI=1S/C8H14O2/c9-6-5-8(10)7-3-1-2-4-7/h6-8,10H,1-5H2/t8-/m1/s1. The summed E-state index contributed by atoms with van der Waals surface area (Å²) in [5.74, 6) is 0.408. The molecule has 1 N–H and O–H groups in total. The minimum atomic E-state index is -0.361. The highest BCUT2D eigenvalue weighted by molar-refractivity contribution is 5.50. The summed E-state index contributed by atoms with van der Waals surface area (Å²) in [5.41, 5.74) is 0. The number of aliphatic hydroxyl groups excluding tert-OH is 1. The molecule has 0 spiro atoms. The van der Waals surface area contributed by atoms with Crippen LogP contribution < -0.4 is 0 Å². The van der Waals surface area contributed by atoms with E-state index in [1.165, 1.54) is 12.8 Å². The number of aliphatic hydroxyl groups is 1. The number of hydrogen-bond acceptors (Lipinski definition) is 2. The maximum Gasteiger partial charge on any atom is 0.122 e. The largest absolute Gasteiger partial charge is 0.392 e. The molecule has 2 heteroatoms. The molecule has 1 saturated carbocycles. The maximum atomic E-state index is 10.0. The maximum absolute atomic E-state index is 10.0. The van der Waals surface area contributed by atoms with Crippen molar-refractivity contribution in [2.75, 3.05) is 0 Å². The fourth-order valence-corrected chi connectivity index (χ4v) is 1.63. The van der Waals surface area contributed by atoms with E-state index in [9.17, 15) is 9.90 Å². The molecule has 1 aliphatic rings. The van der Waals surface area contributed by atoms with E-state index in [4.69, 9.17) is 0 Å². The molecule has 0 aromatic heterocycles. The molecular formula is C8H14O2. The summed E-state index contributed by atoms with van der Waals surface area (Å²) in [6.07, 6.45) is 5.43. The van der Waals surface area contributed by atoms with Crippen molar-refractivity contribution in [2.24, 2.45) is 5.92 Å². The van der Waals surface area contributed by atoms with Gasteiger partial charge in [0.2, 0.25) is 0 Å². The minimum absolute atomic E-state index is 0.324. The summed E-state index contributed by atoms with van der Waals surface area (Å²) in [6.45, 7) is 0. The third-order valence-corrected chi connectivity index (χ3v) is 2.28. The van der Waals surface area contributed by atoms with E-state index in [2.05, 4.69) is 0 Å². The molecule has 10 heavy (non-hydrogen) atoms. The SMILES string of the molecule is O=CC[C@@H](O)C1CCCC1. The molecule has 0 aromatic carbocycles. The predicted octanol–water partition coefficient (Wildman–Crippen LogP) is 1.13. The van der Waals surface area contributed by atoms with E-state index >= 15 is 0 Å². The van der Waals surface area contributed by atoms with Gasteiger partial charge < -0.3 is 9.90 Å². The summed E-state index contributed by atoms with van der Waals surface area (Å²) in [6, 6.07) is 0. The van der Waals surface area contributed by atoms with Gasteiger partial charge in [-0.3, -0.25) is 0 Å². The van der Waals surface area contributed by atoms with Gasteiger partial charge in [0.15, 0.2) is 0 Å². The Balaban J connectivity index is 2.24. The molecule has 0 heterocycles. The van der Waals surface area contributed by atoms with Gasteiger partial charge in [-0.15, -0.1) is 0 Å². The molecular weight excluding hydrogens is 128 g/mol. The van der Waals surface area contributed by atoms with Crippen LogP contribution in [0.2, 0.25) is 0 Å². The van der Waals surface area contributed by atoms with Gasteiger partial charge in [0.05, 0.1) is 6.10 Å². The zero-order valence-electron chi connectivity index (χ0n) is 6.12. The molecule has 0 radical (unpaired) electrons. The average Bonchev–Trinajstić information content (AvgIpc) is 2.38. The van der Waals surface area contributed by atoms with E-state index in [1.54, 1.807) is 0 Å². The molecule has 0 saturated heterocycles. The van der Waals surface area contributed by atoms with E-state index in [-0.39, 0.29) is 6.10 Å². The first-order valence-corrected chi connectivity index (χ1v) is 3.96. The number of carbonyl (C=O) groups is 1. The summed E-state index contributed by atoms with van der Waals surface area (Å²) < 4.78 is 0. The van der Waals surface area contributed by atoms with E-state index in [0.29, 0.717) is 12.3 Å². The fraction of sp³-hybridized carbons (Fsp3) is 0.875. The fourth-order valence-electron chi connectivity index (χ4n) is 1.63. The molecule has 0 unspecified atom stereocenters. The van der Waals surface area contributed by atoms with Gasteiger partial charge in [-0.05, 0) is 18.8 Å². The van der Waals surface area contributed by atoms with Crippen LogP contribution in [0, 0.1) is 5.92 Å². The molecule has 0 aliphatic heterocycles. The van der Waals surface area contributed by atoms with Gasteiger partial charge in [0.1, 0.15) is 6.29 Å². The average molecular weight is 142 g/mol. The van der Waals surface area contributed by atoms with Gasteiger partial charge in [-0.1, -0.05) is 12.8 Å². The first-order valence-electron chi connectivity index (χ1n) is 3.96. The second-order valence-corrected chi connectivity index (χ2v) is 3.01. The first-order chi connectivity index (χ1) is 4.84. The molecule has 1 rings (SSSR count). The Morgan fingerprint density at radius 2 is 2.10 bits per heavy atom. The lowest BCUT2D eigenvalue weighted by molar-refractivity contribution is -0.110. The Hall–Kier alpha value is -0.370. The lowest BCUT2D eigenvalue weighted by Gasteiger charge is -2.13. The van der Waals surface area contributed by atoms with Crippen LogP contribution in [-0.4, -0.2) is 17.5 Å². The molecule has 1 fully saturated rings. The summed E-state index contributed by atoms with van der Waals surface area (Å²) >= 11 is 0. The van der Waals surface area contributed by atoms with Crippen LogP contribution in [0.4, 0.5) is 0 Å². The van der Waals surface area contributed by atoms with E-state index in [0.717, 1.165) is 19.1 Å². The molecule has 0 amide bonds. The Morgan fingerprint density at radius 3 is 2.60 bits per heavy atom. The van der Waals surface area contributed by atoms with Crippen molar-refractivity contribution in [3.8, 4) is 0 Å². The highest BCUT2D eigenvalue weighted by Gasteiger charge is 2.22. The molecule has 1 aliphatic carbocycles. The second-order valence-electron chi connectivity index (χ2n) is 3.01. The third-order valence-electron chi connectivity index (χ3n) is 2.28. The topological polar surface area (TPSA) is 37.3 Å². The first kappa shape index (κ1) is 7.73. The van der Waals surface area contributed by atoms with E-state index in [1.807, 2.05) is 0 Å². The predicted molar refractivity (Wildman–Crippen MR) is 38.6 cm³/mol. The van der Waals surface area contributed by atoms with Gasteiger partial charge >= 0.3 is 0 Å². The Morgan fingerprint density at radius 1 is 1.50 bits per heavy atom. The molecule has 2 nitrogen and oxygen atoms in total. The lowest BCUT2D eigenvalue weighted by atomic mass is 9.99. The zero-order valence-corrected chi connectivity index (χ0v) is 6.12. The monoisotopic (exact) mass is 142 g/mol. The second kappa shape index (κ2) is 3.71. The van der Waals surface area contributed by atoms with Crippen LogP contribution in [-0.2, 0) is 4.79 Å². The summed E-state index contributed by atoms with van der Waals surface area (Å²) in [7, 11) is 0. The third kappa shape index (κ3) is 1.81. The summed E-state index contributed by atoms with van der Waals surface area (Å²) in [5, 5.41) is 9.32. The zero-order chi connectivity index (χ0) is 7.40. The van der Waals surface area contributed by atoms with Crippen molar-refractivity contribution < 1.29 is 9.90 Å². The highest BCUT2D eigenvalue weighted by atomic mass is 16.3. The molecule has 58 valence electrons. The normalized spacial score (nSPS) is 22.9. The van der Waals surface area contributed by atoms with Gasteiger partial charge in [-0.25, -0.2) is 0 Å². The van der Waals surface area contributed by atoms with Crippen molar-refractivity contribution >= 4 is 6.29 Å². The van der Waals surface area contributed by atoms with Crippen LogP contribution in [0.1, 0.15) is 32.1 Å². The van der Waals surface area contributed by atoms with Crippen molar-refractivity contribution in [3.05, 3.63) is 0 Å². The minimum Gasteiger partial charge on any atom is -0.392 e. The van der Waals surface area contributed by atoms with Crippen LogP contribution in [0.25, 0.3) is 0 Å². The van der Waals surface area contributed by atoms with Crippen molar-refractivity contribution in [1.29, 1.82) is 0 Å². The quantitative estimate of drug-likeness (QED) is 0.600. The van der Waals surface area contributed by atoms with Crippen LogP contribution >= 0.6 is 0 Å². The lowest BCUT2D eigenvalue weighted by Crippen LogP contribution is -2.17.